The zero-order chi connectivity index (χ0) is 11.6. The third kappa shape index (κ3) is 1.83. The summed E-state index contributed by atoms with van der Waals surface area (Å²) in [6.45, 7) is 4.13. The van der Waals surface area contributed by atoms with Crippen molar-refractivity contribution in [2.24, 2.45) is 5.92 Å². The molecule has 0 aliphatic heterocycles. The Morgan fingerprint density at radius 2 is 1.88 bits per heavy atom. The Kier molecular flexibility index (Phi) is 2.97. The number of benzene rings is 1. The van der Waals surface area contributed by atoms with E-state index >= 15 is 0 Å². The lowest BCUT2D eigenvalue weighted by Gasteiger charge is -2.36. The van der Waals surface area contributed by atoms with Crippen LogP contribution in [-0.2, 0) is 0 Å². The molecule has 1 nitrogen and oxygen atoms in total. The van der Waals surface area contributed by atoms with Gasteiger partial charge in [0.2, 0.25) is 0 Å². The molecule has 84 valence electrons. The van der Waals surface area contributed by atoms with Crippen molar-refractivity contribution >= 4 is 5.57 Å². The van der Waals surface area contributed by atoms with Gasteiger partial charge in [-0.05, 0) is 23.5 Å². The molecular formula is C15H18O. The highest BCUT2D eigenvalue weighted by Gasteiger charge is 2.35. The molecule has 0 fully saturated rings. The molecule has 1 atom stereocenters. The van der Waals surface area contributed by atoms with E-state index in [0.717, 1.165) is 11.1 Å². The van der Waals surface area contributed by atoms with Crippen LogP contribution in [-0.4, -0.2) is 10.7 Å². The molecule has 0 radical (unpaired) electrons. The maximum absolute atomic E-state index is 10.7. The number of hydrogen-bond acceptors (Lipinski definition) is 1. The van der Waals surface area contributed by atoms with E-state index in [1.807, 2.05) is 36.4 Å². The average molecular weight is 214 g/mol. The van der Waals surface area contributed by atoms with E-state index in [0.29, 0.717) is 6.42 Å². The van der Waals surface area contributed by atoms with Crippen molar-refractivity contribution in [3.8, 4) is 0 Å². The molecule has 1 heteroatoms. The average Bonchev–Trinajstić information content (AvgIpc) is 2.30. The predicted molar refractivity (Wildman–Crippen MR) is 68.0 cm³/mol. The molecule has 0 saturated heterocycles. The Balaban J connectivity index is 2.45. The molecule has 1 aromatic carbocycles. The van der Waals surface area contributed by atoms with E-state index in [1.165, 1.54) is 0 Å². The van der Waals surface area contributed by atoms with Gasteiger partial charge in [0.15, 0.2) is 0 Å². The first-order chi connectivity index (χ1) is 7.64. The van der Waals surface area contributed by atoms with Crippen molar-refractivity contribution in [3.05, 3.63) is 54.1 Å². The van der Waals surface area contributed by atoms with Crippen LogP contribution in [0.25, 0.3) is 5.57 Å². The van der Waals surface area contributed by atoms with Crippen molar-refractivity contribution in [1.82, 2.24) is 0 Å². The van der Waals surface area contributed by atoms with Gasteiger partial charge in [0.05, 0.1) is 5.60 Å². The largest absolute Gasteiger partial charge is 0.385 e. The Morgan fingerprint density at radius 3 is 2.50 bits per heavy atom. The molecule has 0 aromatic heterocycles. The normalized spacial score (nSPS) is 24.6. The first-order valence-corrected chi connectivity index (χ1v) is 5.79. The van der Waals surface area contributed by atoms with Gasteiger partial charge in [0.1, 0.15) is 0 Å². The van der Waals surface area contributed by atoms with Crippen molar-refractivity contribution in [1.29, 1.82) is 0 Å². The van der Waals surface area contributed by atoms with Crippen LogP contribution < -0.4 is 0 Å². The van der Waals surface area contributed by atoms with Crippen LogP contribution >= 0.6 is 0 Å². The van der Waals surface area contributed by atoms with Crippen molar-refractivity contribution < 1.29 is 5.11 Å². The lowest BCUT2D eigenvalue weighted by molar-refractivity contribution is 0.0557. The van der Waals surface area contributed by atoms with Gasteiger partial charge in [-0.25, -0.2) is 0 Å². The van der Waals surface area contributed by atoms with Crippen molar-refractivity contribution in [3.63, 3.8) is 0 Å². The summed E-state index contributed by atoms with van der Waals surface area (Å²) in [5.41, 5.74) is 1.42. The SMILES string of the molecule is CC(C)C1(O)CC=CC=C1c1ccccc1. The highest BCUT2D eigenvalue weighted by molar-refractivity contribution is 5.75. The fourth-order valence-corrected chi connectivity index (χ4v) is 2.18. The van der Waals surface area contributed by atoms with E-state index in [-0.39, 0.29) is 5.92 Å². The summed E-state index contributed by atoms with van der Waals surface area (Å²) < 4.78 is 0. The second-order valence-electron chi connectivity index (χ2n) is 4.66. The molecule has 0 amide bonds. The fraction of sp³-hybridized carbons (Fsp3) is 0.333. The summed E-state index contributed by atoms with van der Waals surface area (Å²) in [5.74, 6) is 0.212. The smallest absolute Gasteiger partial charge is 0.0959 e. The van der Waals surface area contributed by atoms with Gasteiger partial charge in [-0.1, -0.05) is 62.4 Å². The summed E-state index contributed by atoms with van der Waals surface area (Å²) in [6, 6.07) is 10.1. The minimum absolute atomic E-state index is 0.212. The van der Waals surface area contributed by atoms with Gasteiger partial charge < -0.3 is 5.11 Å². The Morgan fingerprint density at radius 1 is 1.19 bits per heavy atom. The molecule has 2 rings (SSSR count). The third-order valence-corrected chi connectivity index (χ3v) is 3.33. The van der Waals surface area contributed by atoms with Crippen LogP contribution in [0.15, 0.2) is 48.6 Å². The van der Waals surface area contributed by atoms with E-state index in [9.17, 15) is 5.11 Å². The summed E-state index contributed by atoms with van der Waals surface area (Å²) in [6.07, 6.45) is 6.79. The zero-order valence-corrected chi connectivity index (χ0v) is 9.85. The molecule has 1 aromatic rings. The van der Waals surface area contributed by atoms with Crippen LogP contribution in [0.4, 0.5) is 0 Å². The summed E-state index contributed by atoms with van der Waals surface area (Å²) in [4.78, 5) is 0. The Labute approximate surface area is 97.1 Å². The van der Waals surface area contributed by atoms with Gasteiger partial charge in [0, 0.05) is 0 Å². The highest BCUT2D eigenvalue weighted by Crippen LogP contribution is 2.38. The minimum Gasteiger partial charge on any atom is -0.385 e. The van der Waals surface area contributed by atoms with Crippen LogP contribution in [0.5, 0.6) is 0 Å². The summed E-state index contributed by atoms with van der Waals surface area (Å²) in [5, 5.41) is 10.7. The number of rotatable bonds is 2. The number of aliphatic hydroxyl groups is 1. The molecule has 1 unspecified atom stereocenters. The molecular weight excluding hydrogens is 196 g/mol. The van der Waals surface area contributed by atoms with E-state index in [1.54, 1.807) is 0 Å². The molecule has 0 saturated carbocycles. The van der Waals surface area contributed by atoms with Crippen LogP contribution in [0.3, 0.4) is 0 Å². The van der Waals surface area contributed by atoms with Crippen molar-refractivity contribution in [2.45, 2.75) is 25.9 Å². The van der Waals surface area contributed by atoms with E-state index in [2.05, 4.69) is 26.0 Å². The van der Waals surface area contributed by atoms with E-state index < -0.39 is 5.60 Å². The monoisotopic (exact) mass is 214 g/mol. The van der Waals surface area contributed by atoms with Crippen LogP contribution in [0.1, 0.15) is 25.8 Å². The van der Waals surface area contributed by atoms with Crippen LogP contribution in [0.2, 0.25) is 0 Å². The highest BCUT2D eigenvalue weighted by atomic mass is 16.3. The number of allylic oxidation sites excluding steroid dienone is 2. The zero-order valence-electron chi connectivity index (χ0n) is 9.85. The van der Waals surface area contributed by atoms with Gasteiger partial charge in [-0.3, -0.25) is 0 Å². The van der Waals surface area contributed by atoms with E-state index in [4.69, 9.17) is 0 Å². The minimum atomic E-state index is -0.726. The second kappa shape index (κ2) is 4.26. The maximum atomic E-state index is 10.7. The molecule has 0 bridgehead atoms. The van der Waals surface area contributed by atoms with Gasteiger partial charge >= 0.3 is 0 Å². The standard InChI is InChI=1S/C15H18O/c1-12(2)15(16)11-7-6-10-14(15)13-8-4-3-5-9-13/h3-10,12,16H,11H2,1-2H3. The molecule has 1 aliphatic carbocycles. The second-order valence-corrected chi connectivity index (χ2v) is 4.66. The number of hydrogen-bond donors (Lipinski definition) is 1. The summed E-state index contributed by atoms with van der Waals surface area (Å²) >= 11 is 0. The lowest BCUT2D eigenvalue weighted by atomic mass is 9.75. The van der Waals surface area contributed by atoms with Gasteiger partial charge in [-0.15, -0.1) is 0 Å². The predicted octanol–water partition coefficient (Wildman–Crippen LogP) is 3.42. The molecule has 1 N–H and O–H groups in total. The van der Waals surface area contributed by atoms with Gasteiger partial charge in [-0.2, -0.15) is 0 Å². The molecule has 0 heterocycles. The molecule has 1 aliphatic rings. The van der Waals surface area contributed by atoms with Crippen LogP contribution in [0, 0.1) is 5.92 Å². The topological polar surface area (TPSA) is 20.2 Å². The first-order valence-electron chi connectivity index (χ1n) is 5.79. The van der Waals surface area contributed by atoms with Crippen molar-refractivity contribution in [2.75, 3.05) is 0 Å². The Bertz CT molecular complexity index is 414. The maximum Gasteiger partial charge on any atom is 0.0959 e. The first kappa shape index (κ1) is 11.2. The lowest BCUT2D eigenvalue weighted by Crippen LogP contribution is -2.36. The Hall–Kier alpha value is -1.34. The molecule has 0 spiro atoms. The third-order valence-electron chi connectivity index (χ3n) is 3.33. The molecule has 16 heavy (non-hydrogen) atoms. The van der Waals surface area contributed by atoms with Gasteiger partial charge in [0.25, 0.3) is 0 Å². The quantitative estimate of drug-likeness (QED) is 0.799. The fourth-order valence-electron chi connectivity index (χ4n) is 2.18. The summed E-state index contributed by atoms with van der Waals surface area (Å²) in [7, 11) is 0.